The minimum absolute atomic E-state index is 0.113. The first-order valence-electron chi connectivity index (χ1n) is 11.3. The standard InChI is InChI=1S/C24H30N4O2S/c1-26-18(8-9-22(29)28-13-10-17-5-2-3-7-20(17)28)15-25-24(30)23-21(26)11-12-27(23)16-19-6-4-14-31-19/h2-7,14,18,21,23H,8-13,15-16H2,1H3,(H,25,30)/t18-,21+,23-/m0/s1. The van der Waals surface area contributed by atoms with Gasteiger partial charge < -0.3 is 10.2 Å². The number of likely N-dealkylation sites (N-methyl/N-ethyl adjacent to an activating group) is 1. The Bertz CT molecular complexity index is 947. The summed E-state index contributed by atoms with van der Waals surface area (Å²) in [6, 6.07) is 12.7. The molecule has 1 aromatic carbocycles. The number of hydrogen-bond acceptors (Lipinski definition) is 5. The fraction of sp³-hybridized carbons (Fsp3) is 0.500. The smallest absolute Gasteiger partial charge is 0.239 e. The largest absolute Gasteiger partial charge is 0.353 e. The van der Waals surface area contributed by atoms with Crippen LogP contribution in [0.15, 0.2) is 41.8 Å². The maximum absolute atomic E-state index is 13.0. The van der Waals surface area contributed by atoms with Gasteiger partial charge in [0.2, 0.25) is 11.8 Å². The average molecular weight is 439 g/mol. The van der Waals surface area contributed by atoms with Crippen LogP contribution in [0.3, 0.4) is 0 Å². The number of likely N-dealkylation sites (tertiary alicyclic amines) is 1. The molecular formula is C24H30N4O2S. The van der Waals surface area contributed by atoms with Gasteiger partial charge in [0.15, 0.2) is 0 Å². The van der Waals surface area contributed by atoms with Crippen molar-refractivity contribution >= 4 is 28.8 Å². The summed E-state index contributed by atoms with van der Waals surface area (Å²) in [7, 11) is 2.13. The number of hydrogen-bond donors (Lipinski definition) is 1. The van der Waals surface area contributed by atoms with Gasteiger partial charge in [0.1, 0.15) is 6.04 Å². The lowest BCUT2D eigenvalue weighted by Crippen LogP contribution is -2.49. The van der Waals surface area contributed by atoms with Crippen molar-refractivity contribution in [2.75, 3.05) is 31.6 Å². The normalized spacial score (nSPS) is 26.4. The molecule has 0 bridgehead atoms. The first-order valence-corrected chi connectivity index (χ1v) is 12.1. The zero-order valence-corrected chi connectivity index (χ0v) is 18.8. The molecule has 0 spiro atoms. The number of fused-ring (bicyclic) bond motifs is 2. The number of rotatable bonds is 5. The first-order chi connectivity index (χ1) is 15.1. The number of carbonyl (C=O) groups excluding carboxylic acids is 2. The number of carbonyl (C=O) groups is 2. The van der Waals surface area contributed by atoms with Crippen molar-refractivity contribution in [1.29, 1.82) is 0 Å². The van der Waals surface area contributed by atoms with Crippen molar-refractivity contribution in [1.82, 2.24) is 15.1 Å². The monoisotopic (exact) mass is 438 g/mol. The predicted molar refractivity (Wildman–Crippen MR) is 123 cm³/mol. The third kappa shape index (κ3) is 4.02. The molecule has 6 nitrogen and oxygen atoms in total. The quantitative estimate of drug-likeness (QED) is 0.779. The Balaban J connectivity index is 1.23. The van der Waals surface area contributed by atoms with Gasteiger partial charge in [0, 0.05) is 55.2 Å². The van der Waals surface area contributed by atoms with Gasteiger partial charge in [-0.25, -0.2) is 0 Å². The van der Waals surface area contributed by atoms with E-state index in [1.165, 1.54) is 10.4 Å². The van der Waals surface area contributed by atoms with Crippen molar-refractivity contribution in [3.63, 3.8) is 0 Å². The molecule has 2 aromatic rings. The van der Waals surface area contributed by atoms with Crippen LogP contribution in [0.2, 0.25) is 0 Å². The van der Waals surface area contributed by atoms with E-state index in [9.17, 15) is 9.59 Å². The third-order valence-corrected chi connectivity index (χ3v) is 8.03. The van der Waals surface area contributed by atoms with Gasteiger partial charge >= 0.3 is 0 Å². The number of benzene rings is 1. The van der Waals surface area contributed by atoms with E-state index in [4.69, 9.17) is 0 Å². The summed E-state index contributed by atoms with van der Waals surface area (Å²) in [6.45, 7) is 3.15. The molecule has 1 N–H and O–H groups in total. The van der Waals surface area contributed by atoms with Gasteiger partial charge in [0.25, 0.3) is 0 Å². The number of thiophene rings is 1. The molecule has 1 aromatic heterocycles. The van der Waals surface area contributed by atoms with Crippen molar-refractivity contribution in [2.24, 2.45) is 0 Å². The van der Waals surface area contributed by atoms with Gasteiger partial charge in [-0.3, -0.25) is 19.4 Å². The van der Waals surface area contributed by atoms with E-state index < -0.39 is 0 Å². The minimum Gasteiger partial charge on any atom is -0.353 e. The van der Waals surface area contributed by atoms with Gasteiger partial charge in [-0.2, -0.15) is 0 Å². The van der Waals surface area contributed by atoms with E-state index in [0.717, 1.165) is 44.6 Å². The highest BCUT2D eigenvalue weighted by Crippen LogP contribution is 2.31. The van der Waals surface area contributed by atoms with Crippen LogP contribution in [0.1, 0.15) is 29.7 Å². The Morgan fingerprint density at radius 2 is 2.06 bits per heavy atom. The molecular weight excluding hydrogens is 408 g/mol. The Hall–Kier alpha value is -2.22. The summed E-state index contributed by atoms with van der Waals surface area (Å²) in [4.78, 5) is 33.9. The topological polar surface area (TPSA) is 55.9 Å². The Labute approximate surface area is 187 Å². The highest BCUT2D eigenvalue weighted by molar-refractivity contribution is 7.09. The summed E-state index contributed by atoms with van der Waals surface area (Å²) in [5, 5.41) is 5.26. The first kappa shape index (κ1) is 20.7. The van der Waals surface area contributed by atoms with E-state index in [1.807, 2.05) is 23.1 Å². The number of anilines is 1. The molecule has 3 aliphatic heterocycles. The second-order valence-electron chi connectivity index (χ2n) is 8.88. The second-order valence-corrected chi connectivity index (χ2v) is 9.91. The molecule has 3 atom stereocenters. The molecule has 0 unspecified atom stereocenters. The molecule has 0 aliphatic carbocycles. The fourth-order valence-electron chi connectivity index (χ4n) is 5.45. The summed E-state index contributed by atoms with van der Waals surface area (Å²) >= 11 is 1.75. The molecule has 164 valence electrons. The molecule has 0 saturated carbocycles. The number of para-hydroxylation sites is 1. The lowest BCUT2D eigenvalue weighted by Gasteiger charge is -2.33. The molecule has 3 aliphatic rings. The van der Waals surface area contributed by atoms with E-state index in [-0.39, 0.29) is 29.9 Å². The van der Waals surface area contributed by atoms with Crippen LogP contribution >= 0.6 is 11.3 Å². The molecule has 2 fully saturated rings. The van der Waals surface area contributed by atoms with Crippen LogP contribution in [0.4, 0.5) is 5.69 Å². The highest BCUT2D eigenvalue weighted by atomic mass is 32.1. The fourth-order valence-corrected chi connectivity index (χ4v) is 6.18. The molecule has 4 heterocycles. The lowest BCUT2D eigenvalue weighted by molar-refractivity contribution is -0.126. The van der Waals surface area contributed by atoms with Crippen molar-refractivity contribution in [2.45, 2.75) is 50.4 Å². The zero-order valence-electron chi connectivity index (χ0n) is 18.0. The maximum atomic E-state index is 13.0. The van der Waals surface area contributed by atoms with Gasteiger partial charge in [-0.05, 0) is 49.4 Å². The summed E-state index contributed by atoms with van der Waals surface area (Å²) in [5.41, 5.74) is 2.32. The van der Waals surface area contributed by atoms with Crippen molar-refractivity contribution in [3.8, 4) is 0 Å². The van der Waals surface area contributed by atoms with Crippen LogP contribution in [0.5, 0.6) is 0 Å². The average Bonchev–Trinajstić information content (AvgIpc) is 3.51. The zero-order chi connectivity index (χ0) is 21.4. The molecule has 5 rings (SSSR count). The molecule has 2 saturated heterocycles. The van der Waals surface area contributed by atoms with E-state index in [0.29, 0.717) is 13.0 Å². The molecule has 0 radical (unpaired) electrons. The van der Waals surface area contributed by atoms with Crippen molar-refractivity contribution in [3.05, 3.63) is 52.2 Å². The lowest BCUT2D eigenvalue weighted by atomic mass is 10.0. The van der Waals surface area contributed by atoms with E-state index in [2.05, 4.69) is 45.7 Å². The minimum atomic E-state index is -0.113. The van der Waals surface area contributed by atoms with Crippen LogP contribution in [-0.2, 0) is 22.6 Å². The van der Waals surface area contributed by atoms with Crippen molar-refractivity contribution < 1.29 is 9.59 Å². The Morgan fingerprint density at radius 1 is 1.19 bits per heavy atom. The molecule has 7 heteroatoms. The predicted octanol–water partition coefficient (Wildman–Crippen LogP) is 2.49. The summed E-state index contributed by atoms with van der Waals surface area (Å²) < 4.78 is 0. The van der Waals surface area contributed by atoms with Crippen LogP contribution < -0.4 is 10.2 Å². The molecule has 2 amide bonds. The maximum Gasteiger partial charge on any atom is 0.239 e. The van der Waals surface area contributed by atoms with Crippen LogP contribution in [-0.4, -0.2) is 66.4 Å². The SMILES string of the molecule is CN1[C@@H](CCC(=O)N2CCc3ccccc32)CNC(=O)[C@@H]2[C@H]1CCN2Cc1cccs1. The van der Waals surface area contributed by atoms with Gasteiger partial charge in [0.05, 0.1) is 0 Å². The second kappa shape index (κ2) is 8.73. The Kier molecular flexibility index (Phi) is 5.82. The number of amides is 2. The van der Waals surface area contributed by atoms with Crippen LogP contribution in [0.25, 0.3) is 0 Å². The van der Waals surface area contributed by atoms with Gasteiger partial charge in [-0.1, -0.05) is 24.3 Å². The van der Waals surface area contributed by atoms with E-state index in [1.54, 1.807) is 11.3 Å². The highest BCUT2D eigenvalue weighted by Gasteiger charge is 2.45. The third-order valence-electron chi connectivity index (χ3n) is 7.17. The van der Waals surface area contributed by atoms with Gasteiger partial charge in [-0.15, -0.1) is 11.3 Å². The number of nitrogens with zero attached hydrogens (tertiary/aromatic N) is 3. The summed E-state index contributed by atoms with van der Waals surface area (Å²) in [6.07, 6.45) is 3.20. The summed E-state index contributed by atoms with van der Waals surface area (Å²) in [5.74, 6) is 0.324. The van der Waals surface area contributed by atoms with E-state index >= 15 is 0 Å². The number of nitrogens with one attached hydrogen (secondary N) is 1. The van der Waals surface area contributed by atoms with Crippen LogP contribution in [0, 0.1) is 0 Å². The Morgan fingerprint density at radius 3 is 2.90 bits per heavy atom. The molecule has 31 heavy (non-hydrogen) atoms.